The van der Waals surface area contributed by atoms with Gasteiger partial charge in [0.15, 0.2) is 0 Å². The maximum absolute atomic E-state index is 11.2. The zero-order chi connectivity index (χ0) is 12.4. The number of hydrogen-bond donors (Lipinski definition) is 1. The molecule has 2 atom stereocenters. The van der Waals surface area contributed by atoms with Gasteiger partial charge in [-0.1, -0.05) is 20.8 Å². The third-order valence-corrected chi connectivity index (χ3v) is 3.59. The first-order valence-corrected chi connectivity index (χ1v) is 6.41. The van der Waals surface area contributed by atoms with E-state index in [1.165, 1.54) is 0 Å². The summed E-state index contributed by atoms with van der Waals surface area (Å²) >= 11 is 0. The van der Waals surface area contributed by atoms with Crippen LogP contribution in [0.1, 0.15) is 44.6 Å². The van der Waals surface area contributed by atoms with Gasteiger partial charge in [-0.3, -0.25) is 4.79 Å². The summed E-state index contributed by atoms with van der Waals surface area (Å²) in [6, 6.07) is 4.13. The highest BCUT2D eigenvalue weighted by Crippen LogP contribution is 2.25. The number of rotatable bonds is 4. The number of carbonyl (C=O) groups excluding carboxylic acids is 1. The van der Waals surface area contributed by atoms with Gasteiger partial charge in [-0.2, -0.15) is 0 Å². The molecular formula is C14H21NO2. The number of carbonyl (C=O) groups is 1. The van der Waals surface area contributed by atoms with E-state index in [9.17, 15) is 4.79 Å². The average molecular weight is 235 g/mol. The van der Waals surface area contributed by atoms with Gasteiger partial charge >= 0.3 is 0 Å². The van der Waals surface area contributed by atoms with E-state index in [1.807, 2.05) is 0 Å². The van der Waals surface area contributed by atoms with E-state index in [-0.39, 0.29) is 5.91 Å². The Bertz CT molecular complexity index is 395. The van der Waals surface area contributed by atoms with Crippen LogP contribution in [0.2, 0.25) is 0 Å². The monoisotopic (exact) mass is 235 g/mol. The fraction of sp³-hybridized carbons (Fsp3) is 0.643. The quantitative estimate of drug-likeness (QED) is 0.872. The highest BCUT2D eigenvalue weighted by molar-refractivity contribution is 5.78. The number of furan rings is 1. The lowest BCUT2D eigenvalue weighted by Crippen LogP contribution is -2.18. The zero-order valence-corrected chi connectivity index (χ0v) is 10.8. The van der Waals surface area contributed by atoms with Crippen molar-refractivity contribution in [3.8, 4) is 0 Å². The molecule has 1 aromatic rings. The van der Waals surface area contributed by atoms with Gasteiger partial charge in [0.25, 0.3) is 0 Å². The van der Waals surface area contributed by atoms with Crippen molar-refractivity contribution in [2.24, 2.45) is 11.8 Å². The van der Waals surface area contributed by atoms with Crippen LogP contribution in [0.25, 0.3) is 0 Å². The number of hydrogen-bond acceptors (Lipinski definition) is 2. The van der Waals surface area contributed by atoms with Crippen LogP contribution >= 0.6 is 0 Å². The van der Waals surface area contributed by atoms with Gasteiger partial charge in [-0.25, -0.2) is 0 Å². The molecule has 3 nitrogen and oxygen atoms in total. The highest BCUT2D eigenvalue weighted by Gasteiger charge is 2.27. The fourth-order valence-corrected chi connectivity index (χ4v) is 2.33. The minimum absolute atomic E-state index is 0.184. The zero-order valence-electron chi connectivity index (χ0n) is 10.8. The Morgan fingerprint density at radius 2 is 2.18 bits per heavy atom. The molecule has 0 aromatic carbocycles. The standard InChI is InChI=1S/C14H21NO2/c1-9(2)13-5-4-12(17-13)6-10(3)11-7-14(16)15-8-11/h4-5,9-11H,6-8H2,1-3H3,(H,15,16). The number of amides is 1. The van der Waals surface area contributed by atoms with Crippen molar-refractivity contribution in [3.05, 3.63) is 23.7 Å². The fourth-order valence-electron chi connectivity index (χ4n) is 2.33. The molecule has 0 saturated carbocycles. The smallest absolute Gasteiger partial charge is 0.220 e. The van der Waals surface area contributed by atoms with Crippen LogP contribution in [0, 0.1) is 11.8 Å². The third-order valence-electron chi connectivity index (χ3n) is 3.59. The Hall–Kier alpha value is -1.25. The largest absolute Gasteiger partial charge is 0.466 e. The molecule has 0 radical (unpaired) electrons. The second-order valence-electron chi connectivity index (χ2n) is 5.41. The lowest BCUT2D eigenvalue weighted by atomic mass is 9.90. The highest BCUT2D eigenvalue weighted by atomic mass is 16.3. The predicted octanol–water partition coefficient (Wildman–Crippen LogP) is 2.72. The van der Waals surface area contributed by atoms with Crippen molar-refractivity contribution >= 4 is 5.91 Å². The molecule has 1 aliphatic heterocycles. The van der Waals surface area contributed by atoms with Gasteiger partial charge < -0.3 is 9.73 Å². The van der Waals surface area contributed by atoms with Crippen LogP contribution < -0.4 is 5.32 Å². The van der Waals surface area contributed by atoms with Crippen molar-refractivity contribution in [1.82, 2.24) is 5.32 Å². The Morgan fingerprint density at radius 3 is 2.71 bits per heavy atom. The molecule has 1 aliphatic rings. The maximum Gasteiger partial charge on any atom is 0.220 e. The van der Waals surface area contributed by atoms with Crippen molar-refractivity contribution < 1.29 is 9.21 Å². The first-order chi connectivity index (χ1) is 8.06. The number of nitrogens with one attached hydrogen (secondary N) is 1. The maximum atomic E-state index is 11.2. The molecule has 0 bridgehead atoms. The minimum atomic E-state index is 0.184. The van der Waals surface area contributed by atoms with Gasteiger partial charge in [0.05, 0.1) is 0 Å². The van der Waals surface area contributed by atoms with E-state index in [2.05, 4.69) is 38.2 Å². The summed E-state index contributed by atoms with van der Waals surface area (Å²) in [5.74, 6) is 3.65. The second-order valence-corrected chi connectivity index (χ2v) is 5.41. The van der Waals surface area contributed by atoms with Gasteiger partial charge in [-0.05, 0) is 24.0 Å². The second kappa shape index (κ2) is 4.94. The molecule has 0 spiro atoms. The summed E-state index contributed by atoms with van der Waals surface area (Å²) in [6.07, 6.45) is 1.59. The average Bonchev–Trinajstić information content (AvgIpc) is 2.86. The van der Waals surface area contributed by atoms with E-state index in [0.717, 1.165) is 24.5 Å². The lowest BCUT2D eigenvalue weighted by molar-refractivity contribution is -0.119. The lowest BCUT2D eigenvalue weighted by Gasteiger charge is -2.15. The third kappa shape index (κ3) is 2.90. The van der Waals surface area contributed by atoms with Gasteiger partial charge in [0.2, 0.25) is 5.91 Å². The molecule has 3 heteroatoms. The van der Waals surface area contributed by atoms with Crippen molar-refractivity contribution in [3.63, 3.8) is 0 Å². The predicted molar refractivity (Wildman–Crippen MR) is 66.8 cm³/mol. The summed E-state index contributed by atoms with van der Waals surface area (Å²) < 4.78 is 5.80. The Balaban J connectivity index is 1.93. The van der Waals surface area contributed by atoms with Crippen LogP contribution in [0.3, 0.4) is 0 Å². The van der Waals surface area contributed by atoms with Gasteiger partial charge in [0.1, 0.15) is 11.5 Å². The molecule has 2 heterocycles. The summed E-state index contributed by atoms with van der Waals surface area (Å²) in [7, 11) is 0. The molecule has 2 unspecified atom stereocenters. The molecule has 1 saturated heterocycles. The van der Waals surface area contributed by atoms with Crippen molar-refractivity contribution in [2.75, 3.05) is 6.54 Å². The molecule has 1 N–H and O–H groups in total. The molecule has 2 rings (SSSR count). The Labute approximate surface area is 103 Å². The first-order valence-electron chi connectivity index (χ1n) is 6.41. The van der Waals surface area contributed by atoms with Crippen LogP contribution in [-0.2, 0) is 11.2 Å². The molecule has 1 aromatic heterocycles. The van der Waals surface area contributed by atoms with E-state index in [4.69, 9.17) is 4.42 Å². The van der Waals surface area contributed by atoms with E-state index in [1.54, 1.807) is 0 Å². The van der Waals surface area contributed by atoms with E-state index < -0.39 is 0 Å². The summed E-state index contributed by atoms with van der Waals surface area (Å²) in [5.41, 5.74) is 0. The Kier molecular flexibility index (Phi) is 3.55. The van der Waals surface area contributed by atoms with Crippen LogP contribution in [0.4, 0.5) is 0 Å². The molecular weight excluding hydrogens is 214 g/mol. The molecule has 1 amide bonds. The van der Waals surface area contributed by atoms with E-state index in [0.29, 0.717) is 24.2 Å². The topological polar surface area (TPSA) is 42.2 Å². The molecule has 0 aliphatic carbocycles. The Morgan fingerprint density at radius 1 is 1.41 bits per heavy atom. The van der Waals surface area contributed by atoms with Gasteiger partial charge in [-0.15, -0.1) is 0 Å². The SMILES string of the molecule is CC(C)c1ccc(CC(C)C2CNC(=O)C2)o1. The van der Waals surface area contributed by atoms with Crippen LogP contribution in [0.15, 0.2) is 16.5 Å². The van der Waals surface area contributed by atoms with E-state index >= 15 is 0 Å². The van der Waals surface area contributed by atoms with Crippen LogP contribution in [0.5, 0.6) is 0 Å². The molecule has 1 fully saturated rings. The van der Waals surface area contributed by atoms with Gasteiger partial charge in [0, 0.05) is 25.3 Å². The summed E-state index contributed by atoms with van der Waals surface area (Å²) in [4.78, 5) is 11.2. The molecule has 17 heavy (non-hydrogen) atoms. The van der Waals surface area contributed by atoms with Crippen molar-refractivity contribution in [2.45, 2.75) is 39.5 Å². The summed E-state index contributed by atoms with van der Waals surface area (Å²) in [6.45, 7) is 7.28. The normalized spacial score (nSPS) is 21.9. The molecule has 94 valence electrons. The first kappa shape index (κ1) is 12.2. The van der Waals surface area contributed by atoms with Crippen molar-refractivity contribution in [1.29, 1.82) is 0 Å². The van der Waals surface area contributed by atoms with Crippen LogP contribution in [-0.4, -0.2) is 12.5 Å². The minimum Gasteiger partial charge on any atom is -0.466 e. The summed E-state index contributed by atoms with van der Waals surface area (Å²) in [5, 5.41) is 2.89.